The quantitative estimate of drug-likeness (QED) is 0.349. The minimum Gasteiger partial charge on any atom is -1.00 e. The van der Waals surface area contributed by atoms with Crippen molar-refractivity contribution in [3.05, 3.63) is 65.3 Å². The molecule has 1 aliphatic rings. The summed E-state index contributed by atoms with van der Waals surface area (Å²) in [6.07, 6.45) is 8.50. The second kappa shape index (κ2) is 13.5. The SMILES string of the molecule is CC(C)(C)C1=CC[C-]=C1.Cc1[cH-]c2ccccc2c1C.[CH3][Ge]([CH3])=[Zr+2].[Cl-].[Cl-]. The van der Waals surface area contributed by atoms with E-state index in [4.69, 9.17) is 0 Å². The van der Waals surface area contributed by atoms with Crippen LogP contribution in [-0.4, -0.2) is 9.98 Å². The zero-order chi connectivity index (χ0) is 18.3. The Morgan fingerprint density at radius 2 is 1.62 bits per heavy atom. The van der Waals surface area contributed by atoms with Crippen molar-refractivity contribution in [3.8, 4) is 0 Å². The van der Waals surface area contributed by atoms with Crippen LogP contribution in [0.1, 0.15) is 38.3 Å². The van der Waals surface area contributed by atoms with Gasteiger partial charge in [-0.1, -0.05) is 46.1 Å². The standard InChI is InChI=1S/C11H11.C9H13.C2H6Ge.2ClH.Zr/c1-8-7-10-5-3-4-6-11(10)9(8)2;1-9(2,3)8-6-4-5-7-8;1-3-2;;;/h3-7H,1-2H3;6-7H,4H2,1-3H3;1-2H3;2*1H;/q2*-1;;;;+2/p-2. The summed E-state index contributed by atoms with van der Waals surface area (Å²) >= 11 is 1.80. The van der Waals surface area contributed by atoms with Gasteiger partial charge in [-0.25, -0.2) is 6.08 Å². The van der Waals surface area contributed by atoms with E-state index in [1.165, 1.54) is 27.5 Å². The summed E-state index contributed by atoms with van der Waals surface area (Å²) in [6.45, 7) is 11.0. The van der Waals surface area contributed by atoms with Crippen molar-refractivity contribution in [3.63, 3.8) is 0 Å². The van der Waals surface area contributed by atoms with E-state index in [-0.39, 0.29) is 34.8 Å². The minimum absolute atomic E-state index is 0. The summed E-state index contributed by atoms with van der Waals surface area (Å²) in [4.78, 5) is 0. The van der Waals surface area contributed by atoms with Gasteiger partial charge in [0.1, 0.15) is 0 Å². The summed E-state index contributed by atoms with van der Waals surface area (Å²) in [5.41, 5.74) is 4.55. The first kappa shape index (κ1) is 28.5. The molecule has 0 nitrogen and oxygen atoms in total. The zero-order valence-corrected chi connectivity index (χ0v) is 23.1. The number of allylic oxidation sites excluding steroid dienone is 4. The van der Waals surface area contributed by atoms with Crippen LogP contribution in [0.15, 0.2) is 48.1 Å². The molecule has 0 spiro atoms. The van der Waals surface area contributed by atoms with Gasteiger partial charge in [0, 0.05) is 0 Å². The van der Waals surface area contributed by atoms with E-state index >= 15 is 0 Å². The first-order valence-electron chi connectivity index (χ1n) is 8.53. The van der Waals surface area contributed by atoms with Crippen LogP contribution < -0.4 is 24.8 Å². The van der Waals surface area contributed by atoms with Crippen molar-refractivity contribution in [2.75, 3.05) is 0 Å². The number of hydrogen-bond donors (Lipinski definition) is 0. The molecule has 0 saturated heterocycles. The smallest absolute Gasteiger partial charge is 1.00 e. The molecule has 0 atom stereocenters. The Labute approximate surface area is 189 Å². The molecule has 0 aliphatic heterocycles. The topological polar surface area (TPSA) is 0 Å². The van der Waals surface area contributed by atoms with Gasteiger partial charge in [-0.05, 0) is 0 Å². The molecule has 2 aromatic rings. The molecule has 0 heterocycles. The van der Waals surface area contributed by atoms with E-state index in [0.717, 1.165) is 6.42 Å². The van der Waals surface area contributed by atoms with Crippen molar-refractivity contribution in [2.24, 2.45) is 5.41 Å². The number of hydrogen-bond acceptors (Lipinski definition) is 0. The molecule has 142 valence electrons. The largest absolute Gasteiger partial charge is 1.00 e. The van der Waals surface area contributed by atoms with E-state index in [2.05, 4.69) is 94.7 Å². The molecule has 0 bridgehead atoms. The fourth-order valence-electron chi connectivity index (χ4n) is 2.44. The van der Waals surface area contributed by atoms with E-state index in [1.54, 1.807) is 21.6 Å². The molecule has 2 aromatic carbocycles. The van der Waals surface area contributed by atoms with Gasteiger partial charge in [0.15, 0.2) is 0 Å². The molecule has 26 heavy (non-hydrogen) atoms. The molecule has 0 amide bonds. The molecule has 0 radical (unpaired) electrons. The van der Waals surface area contributed by atoms with Crippen LogP contribution in [0, 0.1) is 25.3 Å². The second-order valence-corrected chi connectivity index (χ2v) is 24.5. The summed E-state index contributed by atoms with van der Waals surface area (Å²) in [5.74, 6) is 4.75. The number of benzene rings is 1. The summed E-state index contributed by atoms with van der Waals surface area (Å²) in [5, 5.41) is 2.76. The molecule has 0 fully saturated rings. The summed E-state index contributed by atoms with van der Waals surface area (Å²) in [6, 6.07) is 10.8. The summed E-state index contributed by atoms with van der Waals surface area (Å²) < 4.78 is 0. The van der Waals surface area contributed by atoms with E-state index in [0.29, 0.717) is 5.41 Å². The fraction of sp³-hybridized carbons (Fsp3) is 0.409. The van der Waals surface area contributed by atoms with Crippen LogP contribution in [-0.2, 0) is 21.6 Å². The average Bonchev–Trinajstić information content (AvgIpc) is 3.09. The monoisotopic (exact) mass is 528 g/mol. The fourth-order valence-corrected chi connectivity index (χ4v) is 2.44. The Hall–Kier alpha value is 0.316. The van der Waals surface area contributed by atoms with Gasteiger partial charge in [-0.15, -0.1) is 47.0 Å². The van der Waals surface area contributed by atoms with Gasteiger partial charge in [0.05, 0.1) is 0 Å². The molecule has 0 N–H and O–H groups in total. The minimum atomic E-state index is -0.243. The van der Waals surface area contributed by atoms with Crippen molar-refractivity contribution in [2.45, 2.75) is 52.6 Å². The van der Waals surface area contributed by atoms with Crippen LogP contribution in [0.25, 0.3) is 10.8 Å². The number of fused-ring (bicyclic) bond motifs is 1. The Morgan fingerprint density at radius 3 is 2.00 bits per heavy atom. The van der Waals surface area contributed by atoms with Gasteiger partial charge in [-0.3, -0.25) is 6.08 Å². The van der Waals surface area contributed by atoms with Crippen LogP contribution in [0.5, 0.6) is 0 Å². The van der Waals surface area contributed by atoms with Gasteiger partial charge >= 0.3 is 43.1 Å². The van der Waals surface area contributed by atoms with Crippen LogP contribution in [0.2, 0.25) is 11.5 Å². The molecule has 0 unspecified atom stereocenters. The molecule has 0 saturated carbocycles. The maximum absolute atomic E-state index is 3.16. The van der Waals surface area contributed by atoms with Crippen LogP contribution in [0.3, 0.4) is 0 Å². The van der Waals surface area contributed by atoms with Gasteiger partial charge in [-0.2, -0.15) is 17.2 Å². The molecular weight excluding hydrogens is 499 g/mol. The van der Waals surface area contributed by atoms with E-state index < -0.39 is 0 Å². The van der Waals surface area contributed by atoms with Gasteiger partial charge in [0.25, 0.3) is 0 Å². The van der Waals surface area contributed by atoms with E-state index in [9.17, 15) is 0 Å². The second-order valence-electron chi connectivity index (χ2n) is 7.50. The molecular formula is C22H30Cl2GeZr-2. The van der Waals surface area contributed by atoms with Crippen molar-refractivity contribution >= 4 is 20.7 Å². The Morgan fingerprint density at radius 1 is 1.08 bits per heavy atom. The van der Waals surface area contributed by atoms with Gasteiger partial charge in [0.2, 0.25) is 0 Å². The predicted molar refractivity (Wildman–Crippen MR) is 106 cm³/mol. The number of rotatable bonds is 0. The number of aryl methyl sites for hydroxylation is 2. The molecule has 1 aliphatic carbocycles. The van der Waals surface area contributed by atoms with Crippen molar-refractivity contribution in [1.29, 1.82) is 0 Å². The third kappa shape index (κ3) is 10.0. The molecule has 4 heteroatoms. The first-order valence-corrected chi connectivity index (χ1v) is 20.2. The Balaban J connectivity index is 0. The maximum Gasteiger partial charge on any atom is -1.00 e. The zero-order valence-electron chi connectivity index (χ0n) is 17.0. The van der Waals surface area contributed by atoms with Crippen LogP contribution in [0.4, 0.5) is 0 Å². The Kier molecular flexibility index (Phi) is 14.8. The van der Waals surface area contributed by atoms with Gasteiger partial charge < -0.3 is 24.8 Å². The van der Waals surface area contributed by atoms with Crippen molar-refractivity contribution in [1.82, 2.24) is 0 Å². The third-order valence-electron chi connectivity index (χ3n) is 3.89. The van der Waals surface area contributed by atoms with Crippen LogP contribution >= 0.6 is 0 Å². The molecule has 3 rings (SSSR count). The summed E-state index contributed by atoms with van der Waals surface area (Å²) in [7, 11) is -0.243. The predicted octanol–water partition coefficient (Wildman–Crippen LogP) is 0.690. The first-order chi connectivity index (χ1) is 11.1. The van der Waals surface area contributed by atoms with Crippen molar-refractivity contribution < 1.29 is 46.4 Å². The third-order valence-corrected chi connectivity index (χ3v) is 3.89. The average molecular weight is 529 g/mol. The normalized spacial score (nSPS) is 12.0. The Bertz CT molecular complexity index is 745. The molecule has 0 aromatic heterocycles. The van der Waals surface area contributed by atoms with E-state index in [1.807, 2.05) is 0 Å². The number of halogens is 2. The maximum atomic E-state index is 3.16.